The van der Waals surface area contributed by atoms with E-state index in [2.05, 4.69) is 20.4 Å². The van der Waals surface area contributed by atoms with Crippen LogP contribution in [0.3, 0.4) is 0 Å². The van der Waals surface area contributed by atoms with Gasteiger partial charge in [-0.15, -0.1) is 0 Å². The Labute approximate surface area is 169 Å². The fourth-order valence-electron chi connectivity index (χ4n) is 1.61. The minimum Gasteiger partial charge on any atom is -0.872 e. The van der Waals surface area contributed by atoms with Crippen LogP contribution in [0.4, 0.5) is 0 Å². The smallest absolute Gasteiger partial charge is 0.872 e. The molecule has 20 heavy (non-hydrogen) atoms. The number of benzene rings is 1. The maximum Gasteiger partial charge on any atom is 1.00 e. The van der Waals surface area contributed by atoms with E-state index in [1.54, 1.807) is 6.08 Å². The van der Waals surface area contributed by atoms with Crippen molar-refractivity contribution < 1.29 is 56.5 Å². The largest absolute Gasteiger partial charge is 1.00 e. The zero-order valence-corrected chi connectivity index (χ0v) is 18.1. The van der Waals surface area contributed by atoms with Gasteiger partial charge in [0.05, 0.1) is 0 Å². The van der Waals surface area contributed by atoms with Crippen molar-refractivity contribution in [2.45, 2.75) is 67.2 Å². The Kier molecular flexibility index (Phi) is 18.2. The van der Waals surface area contributed by atoms with Crippen LogP contribution in [0.25, 0.3) is 6.08 Å². The molecule has 0 aliphatic carbocycles. The molecule has 0 radical (unpaired) electrons. The first kappa shape index (κ1) is 25.4. The van der Waals surface area contributed by atoms with Crippen molar-refractivity contribution in [2.24, 2.45) is 0 Å². The van der Waals surface area contributed by atoms with E-state index >= 15 is 0 Å². The molecule has 2 heteroatoms. The summed E-state index contributed by atoms with van der Waals surface area (Å²) in [6.07, 6.45) is 1.65. The van der Waals surface area contributed by atoms with E-state index in [-0.39, 0.29) is 63.1 Å². The maximum atomic E-state index is 11.9. The van der Waals surface area contributed by atoms with Crippen LogP contribution in [-0.2, 0) is 0 Å². The summed E-state index contributed by atoms with van der Waals surface area (Å²) in [4.78, 5) is 0. The third-order valence-electron chi connectivity index (χ3n) is 2.68. The molecular weight excluding hydrogens is 271 g/mol. The molecule has 0 saturated carbocycles. The molecule has 0 fully saturated rings. The SMILES string of the molecule is C=Cc1cc(C(C)C)cc(C(C)C)c1[O-].CC.CC.[K+]. The van der Waals surface area contributed by atoms with Crippen molar-refractivity contribution in [1.82, 2.24) is 0 Å². The molecule has 0 aliphatic rings. The minimum atomic E-state index is 0. The third-order valence-corrected chi connectivity index (χ3v) is 2.68. The van der Waals surface area contributed by atoms with Gasteiger partial charge in [0, 0.05) is 0 Å². The maximum absolute atomic E-state index is 11.9. The van der Waals surface area contributed by atoms with Gasteiger partial charge in [-0.2, -0.15) is 0 Å². The monoisotopic (exact) mass is 302 g/mol. The quantitative estimate of drug-likeness (QED) is 0.787. The first-order valence-corrected chi connectivity index (χ1v) is 7.44. The van der Waals surface area contributed by atoms with Crippen LogP contribution in [0, 0.1) is 0 Å². The second-order valence-electron chi connectivity index (χ2n) is 4.54. The molecule has 0 atom stereocenters. The predicted octanol–water partition coefficient (Wildman–Crippen LogP) is 2.71. The fraction of sp³-hybridized carbons (Fsp3) is 0.556. The van der Waals surface area contributed by atoms with E-state index in [0.29, 0.717) is 5.92 Å². The predicted molar refractivity (Wildman–Crippen MR) is 86.9 cm³/mol. The summed E-state index contributed by atoms with van der Waals surface area (Å²) in [6, 6.07) is 3.98. The van der Waals surface area contributed by atoms with Crippen LogP contribution in [0.15, 0.2) is 18.7 Å². The van der Waals surface area contributed by atoms with E-state index in [1.807, 2.05) is 53.7 Å². The normalized spacial score (nSPS) is 8.90. The summed E-state index contributed by atoms with van der Waals surface area (Å²) in [5, 5.41) is 11.9. The van der Waals surface area contributed by atoms with Gasteiger partial charge in [-0.1, -0.05) is 91.5 Å². The fourth-order valence-corrected chi connectivity index (χ4v) is 1.61. The van der Waals surface area contributed by atoms with Crippen LogP contribution in [0.5, 0.6) is 5.75 Å². The van der Waals surface area contributed by atoms with Gasteiger partial charge in [0.2, 0.25) is 0 Å². The summed E-state index contributed by atoms with van der Waals surface area (Å²) in [6.45, 7) is 20.1. The molecule has 110 valence electrons. The van der Waals surface area contributed by atoms with Gasteiger partial charge in [-0.05, 0) is 23.0 Å². The second-order valence-corrected chi connectivity index (χ2v) is 4.54. The van der Waals surface area contributed by atoms with E-state index < -0.39 is 0 Å². The summed E-state index contributed by atoms with van der Waals surface area (Å²) in [7, 11) is 0. The van der Waals surface area contributed by atoms with E-state index in [1.165, 1.54) is 5.56 Å². The average molecular weight is 303 g/mol. The Morgan fingerprint density at radius 1 is 0.950 bits per heavy atom. The summed E-state index contributed by atoms with van der Waals surface area (Å²) >= 11 is 0. The Balaban J connectivity index is -0.000000529. The van der Waals surface area contributed by atoms with Crippen molar-refractivity contribution in [1.29, 1.82) is 0 Å². The van der Waals surface area contributed by atoms with Crippen molar-refractivity contribution in [2.75, 3.05) is 0 Å². The number of hydrogen-bond acceptors (Lipinski definition) is 1. The van der Waals surface area contributed by atoms with E-state index in [4.69, 9.17) is 0 Å². The van der Waals surface area contributed by atoms with Gasteiger partial charge < -0.3 is 5.11 Å². The minimum absolute atomic E-state index is 0. The standard InChI is InChI=1S/C14H20O.2C2H6.K/c1-6-11-7-12(9(2)3)8-13(10(4)5)14(11)15;2*1-2;/h6-10,15H,1H2,2-5H3;2*1-2H3;/q;;;+1/p-1. The van der Waals surface area contributed by atoms with Crippen molar-refractivity contribution in [3.8, 4) is 5.75 Å². The Hall–Kier alpha value is 0.396. The summed E-state index contributed by atoms with van der Waals surface area (Å²) < 4.78 is 0. The van der Waals surface area contributed by atoms with Crippen molar-refractivity contribution in [3.63, 3.8) is 0 Å². The first-order chi connectivity index (χ1) is 8.97. The molecule has 0 N–H and O–H groups in total. The van der Waals surface area contributed by atoms with Gasteiger partial charge in [0.15, 0.2) is 0 Å². The zero-order valence-electron chi connectivity index (χ0n) is 15.0. The Bertz CT molecular complexity index is 368. The molecule has 1 nitrogen and oxygen atoms in total. The molecule has 0 saturated heterocycles. The molecule has 1 aromatic carbocycles. The second kappa shape index (κ2) is 14.3. The average Bonchev–Trinajstić information content (AvgIpc) is 2.42. The van der Waals surface area contributed by atoms with Crippen LogP contribution in [0.1, 0.15) is 83.9 Å². The molecule has 0 bridgehead atoms. The molecule has 0 spiro atoms. The molecule has 0 aliphatic heterocycles. The van der Waals surface area contributed by atoms with Crippen LogP contribution < -0.4 is 56.5 Å². The topological polar surface area (TPSA) is 23.1 Å². The van der Waals surface area contributed by atoms with Gasteiger partial charge in [0.1, 0.15) is 0 Å². The molecule has 1 aromatic rings. The molecule has 0 heterocycles. The molecule has 0 unspecified atom stereocenters. The first-order valence-electron chi connectivity index (χ1n) is 7.44. The molecule has 1 rings (SSSR count). The summed E-state index contributed by atoms with van der Waals surface area (Å²) in [5.41, 5.74) is 2.84. The number of hydrogen-bond donors (Lipinski definition) is 0. The molecular formula is C18H31KO. The molecule has 0 aromatic heterocycles. The van der Waals surface area contributed by atoms with Gasteiger partial charge >= 0.3 is 51.4 Å². The Morgan fingerprint density at radius 3 is 1.70 bits per heavy atom. The van der Waals surface area contributed by atoms with Crippen molar-refractivity contribution in [3.05, 3.63) is 35.4 Å². The van der Waals surface area contributed by atoms with Crippen LogP contribution >= 0.6 is 0 Å². The van der Waals surface area contributed by atoms with Crippen molar-refractivity contribution >= 4 is 6.08 Å². The number of rotatable bonds is 3. The molecule has 0 amide bonds. The summed E-state index contributed by atoms with van der Waals surface area (Å²) in [5.74, 6) is 0.848. The third kappa shape index (κ3) is 7.99. The zero-order chi connectivity index (χ0) is 15.6. The van der Waals surface area contributed by atoms with Crippen LogP contribution in [0.2, 0.25) is 0 Å². The van der Waals surface area contributed by atoms with E-state index in [9.17, 15) is 5.11 Å². The Morgan fingerprint density at radius 2 is 1.40 bits per heavy atom. The van der Waals surface area contributed by atoms with Gasteiger partial charge in [-0.3, -0.25) is 0 Å². The van der Waals surface area contributed by atoms with E-state index in [0.717, 1.165) is 11.1 Å². The van der Waals surface area contributed by atoms with Gasteiger partial charge in [-0.25, -0.2) is 0 Å². The van der Waals surface area contributed by atoms with Gasteiger partial charge in [0.25, 0.3) is 0 Å². The van der Waals surface area contributed by atoms with Crippen LogP contribution in [-0.4, -0.2) is 0 Å².